The highest BCUT2D eigenvalue weighted by Crippen LogP contribution is 2.31. The van der Waals surface area contributed by atoms with Gasteiger partial charge < -0.3 is 15.6 Å². The number of rotatable bonds is 4. The maximum absolute atomic E-state index is 12.3. The van der Waals surface area contributed by atoms with Crippen LogP contribution < -0.4 is 10.6 Å². The molecule has 1 fully saturated rings. The minimum absolute atomic E-state index is 0.0500. The van der Waals surface area contributed by atoms with Gasteiger partial charge in [0.15, 0.2) is 5.13 Å². The molecule has 0 aromatic carbocycles. The average Bonchev–Trinajstić information content (AvgIpc) is 3.23. The van der Waals surface area contributed by atoms with Gasteiger partial charge in [0.25, 0.3) is 0 Å². The number of H-pyrrole nitrogens is 1. The molecular formula is C17H19N5OS. The Morgan fingerprint density at radius 2 is 2.21 bits per heavy atom. The number of amides is 1. The summed E-state index contributed by atoms with van der Waals surface area (Å²) in [5.74, 6) is 0.514. The van der Waals surface area contributed by atoms with Crippen molar-refractivity contribution in [1.82, 2.24) is 20.3 Å². The Morgan fingerprint density at radius 1 is 1.33 bits per heavy atom. The third-order valence-corrected chi connectivity index (χ3v) is 5.47. The van der Waals surface area contributed by atoms with Gasteiger partial charge in [-0.15, -0.1) is 11.3 Å². The molecule has 4 rings (SSSR count). The molecule has 3 aromatic rings. The fourth-order valence-electron chi connectivity index (χ4n) is 3.13. The molecule has 0 unspecified atom stereocenters. The lowest BCUT2D eigenvalue weighted by molar-refractivity contribution is -0.115. The smallest absolute Gasteiger partial charge is 0.230 e. The van der Waals surface area contributed by atoms with Crippen LogP contribution in [-0.4, -0.2) is 33.9 Å². The van der Waals surface area contributed by atoms with E-state index < -0.39 is 0 Å². The molecule has 3 N–H and O–H groups in total. The van der Waals surface area contributed by atoms with Crippen molar-refractivity contribution in [2.24, 2.45) is 0 Å². The molecule has 3 aromatic heterocycles. The molecule has 1 saturated heterocycles. The quantitative estimate of drug-likeness (QED) is 0.681. The lowest BCUT2D eigenvalue weighted by Crippen LogP contribution is -2.26. The van der Waals surface area contributed by atoms with E-state index in [1.54, 1.807) is 17.5 Å². The molecule has 7 heteroatoms. The van der Waals surface area contributed by atoms with Crippen molar-refractivity contribution in [3.8, 4) is 0 Å². The molecule has 6 nitrogen and oxygen atoms in total. The predicted octanol–water partition coefficient (Wildman–Crippen LogP) is 2.67. The van der Waals surface area contributed by atoms with Crippen LogP contribution in [0.3, 0.4) is 0 Å². The van der Waals surface area contributed by atoms with E-state index >= 15 is 0 Å². The minimum Gasteiger partial charge on any atom is -0.346 e. The third-order valence-electron chi connectivity index (χ3n) is 4.40. The molecule has 4 heterocycles. The van der Waals surface area contributed by atoms with E-state index in [1.165, 1.54) is 4.88 Å². The first-order chi connectivity index (χ1) is 11.8. The Kier molecular flexibility index (Phi) is 4.27. The van der Waals surface area contributed by atoms with Crippen LogP contribution in [0.4, 0.5) is 5.13 Å². The first-order valence-electron chi connectivity index (χ1n) is 8.17. The number of pyridine rings is 1. The summed E-state index contributed by atoms with van der Waals surface area (Å²) in [6, 6.07) is 3.85. The molecule has 1 aliphatic rings. The summed E-state index contributed by atoms with van der Waals surface area (Å²) in [5.41, 5.74) is 1.76. The molecule has 0 aliphatic carbocycles. The topological polar surface area (TPSA) is 82.7 Å². The largest absolute Gasteiger partial charge is 0.346 e. The van der Waals surface area contributed by atoms with Gasteiger partial charge in [-0.25, -0.2) is 9.97 Å². The second-order valence-corrected chi connectivity index (χ2v) is 7.09. The number of anilines is 1. The normalized spacial score (nSPS) is 15.7. The van der Waals surface area contributed by atoms with E-state index in [9.17, 15) is 4.79 Å². The summed E-state index contributed by atoms with van der Waals surface area (Å²) < 4.78 is 0. The number of carbonyl (C=O) groups excluding carboxylic acids is 1. The van der Waals surface area contributed by atoms with Crippen molar-refractivity contribution in [2.75, 3.05) is 18.4 Å². The van der Waals surface area contributed by atoms with E-state index in [0.29, 0.717) is 17.5 Å². The molecule has 0 radical (unpaired) electrons. The van der Waals surface area contributed by atoms with Crippen LogP contribution in [0, 0.1) is 0 Å². The molecule has 0 saturated carbocycles. The molecule has 1 aliphatic heterocycles. The molecule has 24 heavy (non-hydrogen) atoms. The zero-order valence-corrected chi connectivity index (χ0v) is 14.0. The van der Waals surface area contributed by atoms with E-state index in [4.69, 9.17) is 0 Å². The number of aromatic amines is 1. The van der Waals surface area contributed by atoms with Gasteiger partial charge in [0.05, 0.1) is 6.42 Å². The van der Waals surface area contributed by atoms with E-state index in [0.717, 1.165) is 42.5 Å². The maximum atomic E-state index is 12.3. The van der Waals surface area contributed by atoms with Crippen molar-refractivity contribution >= 4 is 33.4 Å². The number of piperidine rings is 1. The van der Waals surface area contributed by atoms with E-state index in [-0.39, 0.29) is 5.91 Å². The second kappa shape index (κ2) is 6.70. The van der Waals surface area contributed by atoms with Crippen LogP contribution in [0.15, 0.2) is 30.7 Å². The summed E-state index contributed by atoms with van der Waals surface area (Å²) in [6.07, 6.45) is 8.08. The van der Waals surface area contributed by atoms with Crippen LogP contribution in [-0.2, 0) is 11.2 Å². The number of nitrogens with one attached hydrogen (secondary N) is 3. The SMILES string of the molecule is O=C(Cc1c[nH]c2ncccc12)Nc1ncc(C2CCNCC2)s1. The summed E-state index contributed by atoms with van der Waals surface area (Å²) in [7, 11) is 0. The van der Waals surface area contributed by atoms with Gasteiger partial charge in [-0.3, -0.25) is 4.79 Å². The van der Waals surface area contributed by atoms with Gasteiger partial charge in [-0.1, -0.05) is 0 Å². The van der Waals surface area contributed by atoms with Crippen molar-refractivity contribution in [1.29, 1.82) is 0 Å². The number of carbonyl (C=O) groups is 1. The Morgan fingerprint density at radius 3 is 3.08 bits per heavy atom. The van der Waals surface area contributed by atoms with Crippen molar-refractivity contribution in [3.05, 3.63) is 41.2 Å². The van der Waals surface area contributed by atoms with Crippen LogP contribution in [0.2, 0.25) is 0 Å². The van der Waals surface area contributed by atoms with E-state index in [2.05, 4.69) is 25.6 Å². The zero-order chi connectivity index (χ0) is 16.4. The second-order valence-electron chi connectivity index (χ2n) is 6.03. The fourth-order valence-corrected chi connectivity index (χ4v) is 4.14. The van der Waals surface area contributed by atoms with Crippen molar-refractivity contribution in [3.63, 3.8) is 0 Å². The molecule has 1 amide bonds. The number of hydrogen-bond acceptors (Lipinski definition) is 5. The van der Waals surface area contributed by atoms with Gasteiger partial charge in [0.2, 0.25) is 5.91 Å². The van der Waals surface area contributed by atoms with Gasteiger partial charge in [0, 0.05) is 28.9 Å². The lowest BCUT2D eigenvalue weighted by atomic mass is 9.97. The number of thiazole rings is 1. The highest BCUT2D eigenvalue weighted by molar-refractivity contribution is 7.15. The van der Waals surface area contributed by atoms with Crippen LogP contribution >= 0.6 is 11.3 Å². The number of nitrogens with zero attached hydrogens (tertiary/aromatic N) is 2. The maximum Gasteiger partial charge on any atom is 0.230 e. The van der Waals surface area contributed by atoms with Crippen LogP contribution in [0.25, 0.3) is 11.0 Å². The Hall–Kier alpha value is -2.25. The molecule has 124 valence electrons. The molecule has 0 bridgehead atoms. The molecule has 0 atom stereocenters. The molecule has 0 spiro atoms. The first-order valence-corrected chi connectivity index (χ1v) is 8.98. The Balaban J connectivity index is 1.42. The summed E-state index contributed by atoms with van der Waals surface area (Å²) in [6.45, 7) is 2.11. The predicted molar refractivity (Wildman–Crippen MR) is 95.4 cm³/mol. The monoisotopic (exact) mass is 341 g/mol. The minimum atomic E-state index is -0.0500. The van der Waals surface area contributed by atoms with Crippen molar-refractivity contribution < 1.29 is 4.79 Å². The third kappa shape index (κ3) is 3.18. The zero-order valence-electron chi connectivity index (χ0n) is 13.2. The Labute approximate surface area is 143 Å². The van der Waals surface area contributed by atoms with E-state index in [1.807, 2.05) is 24.5 Å². The van der Waals surface area contributed by atoms with Gasteiger partial charge in [0.1, 0.15) is 5.65 Å². The summed E-state index contributed by atoms with van der Waals surface area (Å²) >= 11 is 1.59. The highest BCUT2D eigenvalue weighted by Gasteiger charge is 2.18. The van der Waals surface area contributed by atoms with Gasteiger partial charge in [-0.2, -0.15) is 0 Å². The van der Waals surface area contributed by atoms with Crippen LogP contribution in [0.5, 0.6) is 0 Å². The van der Waals surface area contributed by atoms with Gasteiger partial charge >= 0.3 is 0 Å². The lowest BCUT2D eigenvalue weighted by Gasteiger charge is -2.20. The number of fused-ring (bicyclic) bond motifs is 1. The summed E-state index contributed by atoms with van der Waals surface area (Å²) in [4.78, 5) is 25.3. The first kappa shape index (κ1) is 15.3. The number of aromatic nitrogens is 3. The summed E-state index contributed by atoms with van der Waals surface area (Å²) in [5, 5.41) is 7.97. The van der Waals surface area contributed by atoms with Crippen molar-refractivity contribution in [2.45, 2.75) is 25.2 Å². The molecular weight excluding hydrogens is 322 g/mol. The Bertz CT molecular complexity index is 849. The standard InChI is InChI=1S/C17H19N5OS/c23-15(8-12-9-20-16-13(12)2-1-5-19-16)22-17-21-10-14(24-17)11-3-6-18-7-4-11/h1-2,5,9-11,18H,3-4,6-8H2,(H,19,20)(H,21,22,23). The van der Waals surface area contributed by atoms with Crippen LogP contribution in [0.1, 0.15) is 29.2 Å². The highest BCUT2D eigenvalue weighted by atomic mass is 32.1. The fraction of sp³-hybridized carbons (Fsp3) is 0.353. The average molecular weight is 341 g/mol. The van der Waals surface area contributed by atoms with Gasteiger partial charge in [-0.05, 0) is 49.5 Å². The number of hydrogen-bond donors (Lipinski definition) is 3.